The van der Waals surface area contributed by atoms with Gasteiger partial charge in [-0.15, -0.1) is 0 Å². The Balaban J connectivity index is 2.97. The van der Waals surface area contributed by atoms with Gasteiger partial charge in [-0.3, -0.25) is 24.0 Å². The third-order valence-corrected chi connectivity index (χ3v) is 5.23. The van der Waals surface area contributed by atoms with Gasteiger partial charge in [0, 0.05) is 12.8 Å². The second-order valence-corrected chi connectivity index (χ2v) is 8.35. The van der Waals surface area contributed by atoms with E-state index in [1.807, 2.05) is 0 Å². The van der Waals surface area contributed by atoms with E-state index >= 15 is 0 Å². The van der Waals surface area contributed by atoms with Gasteiger partial charge in [-0.1, -0.05) is 13.8 Å². The molecule has 0 aromatic rings. The molecule has 13 nitrogen and oxygen atoms in total. The number of aliphatic carboxylic acids is 1. The zero-order valence-electron chi connectivity index (χ0n) is 18.9. The second kappa shape index (κ2) is 13.4. The average Bonchev–Trinajstić information content (AvgIpc) is 3.26. The molecule has 33 heavy (non-hydrogen) atoms. The van der Waals surface area contributed by atoms with E-state index in [1.54, 1.807) is 13.8 Å². The van der Waals surface area contributed by atoms with Gasteiger partial charge in [0.1, 0.15) is 18.1 Å². The van der Waals surface area contributed by atoms with Crippen LogP contribution in [0.15, 0.2) is 0 Å². The zero-order chi connectivity index (χ0) is 25.1. The largest absolute Gasteiger partial charge is 0.480 e. The van der Waals surface area contributed by atoms with Gasteiger partial charge in [0.05, 0.1) is 6.04 Å². The summed E-state index contributed by atoms with van der Waals surface area (Å²) in [5.74, 6) is -5.11. The lowest BCUT2D eigenvalue weighted by atomic mass is 10.0. The van der Waals surface area contributed by atoms with Gasteiger partial charge in [-0.05, 0) is 38.1 Å². The fraction of sp³-hybridized carbons (Fsp3) is 0.700. The molecular weight excluding hydrogens is 436 g/mol. The fourth-order valence-corrected chi connectivity index (χ4v) is 3.33. The number of carbonyl (C=O) groups is 6. The molecule has 4 unspecified atom stereocenters. The smallest absolute Gasteiger partial charge is 0.326 e. The summed E-state index contributed by atoms with van der Waals surface area (Å²) in [4.78, 5) is 71.9. The number of nitrogens with one attached hydrogen (secondary N) is 4. The van der Waals surface area contributed by atoms with Crippen molar-refractivity contribution in [3.63, 3.8) is 0 Å². The lowest BCUT2D eigenvalue weighted by Gasteiger charge is -2.25. The van der Waals surface area contributed by atoms with E-state index in [2.05, 4.69) is 21.3 Å². The topological polar surface area (TPSA) is 223 Å². The van der Waals surface area contributed by atoms with Gasteiger partial charge < -0.3 is 37.8 Å². The van der Waals surface area contributed by atoms with Crippen molar-refractivity contribution in [2.45, 2.75) is 76.5 Å². The molecule has 1 saturated heterocycles. The molecule has 1 fully saturated rings. The molecule has 0 saturated carbocycles. The van der Waals surface area contributed by atoms with Gasteiger partial charge in [0.15, 0.2) is 0 Å². The van der Waals surface area contributed by atoms with Crippen molar-refractivity contribution >= 4 is 35.5 Å². The van der Waals surface area contributed by atoms with Crippen LogP contribution >= 0.6 is 0 Å². The molecule has 186 valence electrons. The van der Waals surface area contributed by atoms with E-state index < -0.39 is 65.6 Å². The predicted octanol–water partition coefficient (Wildman–Crippen LogP) is -2.54. The highest BCUT2D eigenvalue weighted by Gasteiger charge is 2.32. The number of hydrogen-bond donors (Lipinski definition) is 7. The van der Waals surface area contributed by atoms with E-state index in [1.165, 1.54) is 0 Å². The molecule has 0 radical (unpaired) electrons. The number of carboxylic acid groups (broad SMARTS) is 1. The van der Waals surface area contributed by atoms with Crippen molar-refractivity contribution in [1.29, 1.82) is 0 Å². The number of hydrogen-bond acceptors (Lipinski definition) is 7. The molecule has 0 spiro atoms. The third kappa shape index (κ3) is 9.85. The Morgan fingerprint density at radius 1 is 0.909 bits per heavy atom. The Kier molecular flexibility index (Phi) is 11.3. The maximum atomic E-state index is 12.9. The van der Waals surface area contributed by atoms with E-state index in [4.69, 9.17) is 11.5 Å². The number of carbonyl (C=O) groups excluding carboxylic acids is 5. The Labute approximate surface area is 191 Å². The highest BCUT2D eigenvalue weighted by atomic mass is 16.4. The predicted molar refractivity (Wildman–Crippen MR) is 116 cm³/mol. The summed E-state index contributed by atoms with van der Waals surface area (Å²) < 4.78 is 0. The summed E-state index contributed by atoms with van der Waals surface area (Å²) >= 11 is 0. The van der Waals surface area contributed by atoms with Gasteiger partial charge in [-0.2, -0.15) is 0 Å². The quantitative estimate of drug-likeness (QED) is 0.143. The van der Waals surface area contributed by atoms with Crippen molar-refractivity contribution in [2.24, 2.45) is 17.4 Å². The van der Waals surface area contributed by atoms with Gasteiger partial charge in [0.25, 0.3) is 0 Å². The first kappa shape index (κ1) is 27.8. The summed E-state index contributed by atoms with van der Waals surface area (Å²) in [5, 5.41) is 19.6. The van der Waals surface area contributed by atoms with Crippen LogP contribution in [0, 0.1) is 5.92 Å². The van der Waals surface area contributed by atoms with Gasteiger partial charge in [-0.25, -0.2) is 4.79 Å². The van der Waals surface area contributed by atoms with Crippen LogP contribution in [0.4, 0.5) is 0 Å². The first-order valence-corrected chi connectivity index (χ1v) is 10.9. The number of nitrogens with two attached hydrogens (primary N) is 2. The maximum Gasteiger partial charge on any atom is 0.326 e. The van der Waals surface area contributed by atoms with E-state index in [9.17, 15) is 33.9 Å². The average molecular weight is 471 g/mol. The van der Waals surface area contributed by atoms with E-state index in [0.29, 0.717) is 13.0 Å². The SMILES string of the molecule is CC(C)C(NC(=O)C(CCC(N)=O)NC(=O)C(CCC(N)=O)NC(=O)C1CCCN1)C(=O)O. The molecule has 9 N–H and O–H groups in total. The molecule has 4 atom stereocenters. The summed E-state index contributed by atoms with van der Waals surface area (Å²) in [5.41, 5.74) is 10.3. The summed E-state index contributed by atoms with van der Waals surface area (Å²) in [6.07, 6.45) is 0.661. The molecule has 5 amide bonds. The summed E-state index contributed by atoms with van der Waals surface area (Å²) in [6, 6.07) is -4.16. The zero-order valence-corrected chi connectivity index (χ0v) is 18.9. The second-order valence-electron chi connectivity index (χ2n) is 8.35. The molecule has 0 aromatic carbocycles. The minimum absolute atomic E-state index is 0.104. The molecular formula is C20H34N6O7. The third-order valence-electron chi connectivity index (χ3n) is 5.23. The van der Waals surface area contributed by atoms with Crippen molar-refractivity contribution < 1.29 is 33.9 Å². The van der Waals surface area contributed by atoms with Crippen molar-refractivity contribution in [1.82, 2.24) is 21.3 Å². The molecule has 1 aliphatic rings. The van der Waals surface area contributed by atoms with Crippen LogP contribution in [0.5, 0.6) is 0 Å². The number of rotatable bonds is 14. The Bertz CT molecular complexity index is 751. The minimum atomic E-state index is -1.29. The van der Waals surface area contributed by atoms with Crippen LogP contribution in [0.3, 0.4) is 0 Å². The van der Waals surface area contributed by atoms with Gasteiger partial charge >= 0.3 is 5.97 Å². The Hall–Kier alpha value is -3.22. The summed E-state index contributed by atoms with van der Waals surface area (Å²) in [7, 11) is 0. The number of primary amides is 2. The highest BCUT2D eigenvalue weighted by molar-refractivity contribution is 5.94. The Morgan fingerprint density at radius 2 is 1.42 bits per heavy atom. The van der Waals surface area contributed by atoms with E-state index in [-0.39, 0.29) is 25.7 Å². The molecule has 13 heteroatoms. The van der Waals surface area contributed by atoms with Crippen LogP contribution in [0.1, 0.15) is 52.4 Å². The van der Waals surface area contributed by atoms with Crippen LogP contribution < -0.4 is 32.7 Å². The van der Waals surface area contributed by atoms with Crippen molar-refractivity contribution in [2.75, 3.05) is 6.54 Å². The van der Waals surface area contributed by atoms with Crippen LogP contribution in [0.25, 0.3) is 0 Å². The van der Waals surface area contributed by atoms with Crippen molar-refractivity contribution in [3.05, 3.63) is 0 Å². The standard InChI is InChI=1S/C20H34N6O7/c1-10(2)16(20(32)33)26-19(31)13(6-8-15(22)28)25-18(30)12(5-7-14(21)27)24-17(29)11-4-3-9-23-11/h10-13,16,23H,3-9H2,1-2H3,(H2,21,27)(H2,22,28)(H,24,29)(H,25,30)(H,26,31)(H,32,33). The van der Waals surface area contributed by atoms with Crippen LogP contribution in [-0.4, -0.2) is 71.3 Å². The molecule has 0 bridgehead atoms. The highest BCUT2D eigenvalue weighted by Crippen LogP contribution is 2.08. The van der Waals surface area contributed by atoms with Crippen LogP contribution in [0.2, 0.25) is 0 Å². The lowest BCUT2D eigenvalue weighted by Crippen LogP contribution is -2.57. The van der Waals surface area contributed by atoms with E-state index in [0.717, 1.165) is 6.42 Å². The van der Waals surface area contributed by atoms with Crippen LogP contribution in [-0.2, 0) is 28.8 Å². The molecule has 1 rings (SSSR count). The minimum Gasteiger partial charge on any atom is -0.480 e. The molecule has 0 aliphatic carbocycles. The lowest BCUT2D eigenvalue weighted by molar-refractivity contribution is -0.143. The molecule has 1 heterocycles. The van der Waals surface area contributed by atoms with Gasteiger partial charge in [0.2, 0.25) is 29.5 Å². The number of amides is 5. The monoisotopic (exact) mass is 470 g/mol. The first-order chi connectivity index (χ1) is 15.4. The summed E-state index contributed by atoms with van der Waals surface area (Å²) in [6.45, 7) is 3.86. The fourth-order valence-electron chi connectivity index (χ4n) is 3.33. The normalized spacial score (nSPS) is 18.1. The van der Waals surface area contributed by atoms with Crippen molar-refractivity contribution in [3.8, 4) is 0 Å². The first-order valence-electron chi connectivity index (χ1n) is 10.9. The Morgan fingerprint density at radius 3 is 1.85 bits per heavy atom. The number of carboxylic acids is 1. The molecule has 1 aliphatic heterocycles. The maximum absolute atomic E-state index is 12.9. The molecule has 0 aromatic heterocycles.